The van der Waals surface area contributed by atoms with Crippen LogP contribution >= 0.6 is 27.5 Å². The van der Waals surface area contributed by atoms with Crippen LogP contribution in [0.15, 0.2) is 16.6 Å². The largest absolute Gasteiger partial charge is 0.486 e. The van der Waals surface area contributed by atoms with Crippen molar-refractivity contribution in [2.45, 2.75) is 0 Å². The van der Waals surface area contributed by atoms with Crippen LogP contribution in [0.2, 0.25) is 0 Å². The number of hydrogen-bond donors (Lipinski definition) is 0. The number of halogens is 3. The monoisotopic (exact) mass is 307 g/mol. The maximum Gasteiger partial charge on any atom is 0.242 e. The van der Waals surface area contributed by atoms with Gasteiger partial charge in [0.2, 0.25) is 5.91 Å². The van der Waals surface area contributed by atoms with Crippen molar-refractivity contribution in [1.29, 1.82) is 0 Å². The summed E-state index contributed by atoms with van der Waals surface area (Å²) < 4.78 is 19.3. The summed E-state index contributed by atoms with van der Waals surface area (Å²) in [4.78, 5) is 13.0. The van der Waals surface area contributed by atoms with Crippen molar-refractivity contribution in [3.05, 3.63) is 22.4 Å². The Kier molecular flexibility index (Phi) is 3.35. The Balaban J connectivity index is 2.49. The van der Waals surface area contributed by atoms with Gasteiger partial charge in [-0.1, -0.05) is 15.9 Å². The van der Waals surface area contributed by atoms with Crippen molar-refractivity contribution >= 4 is 39.1 Å². The third kappa shape index (κ3) is 2.01. The van der Waals surface area contributed by atoms with Crippen molar-refractivity contribution in [3.8, 4) is 5.75 Å². The molecule has 0 saturated heterocycles. The molecular weight excluding hydrogens is 300 g/mol. The summed E-state index contributed by atoms with van der Waals surface area (Å²) in [6.07, 6.45) is 0. The molecule has 16 heavy (non-hydrogen) atoms. The second-order valence-corrected chi connectivity index (χ2v) is 4.45. The molecule has 0 saturated carbocycles. The number of benzene rings is 1. The number of carbonyl (C=O) groups is 1. The fraction of sp³-hybridized carbons (Fsp3) is 0.300. The number of hydrogen-bond acceptors (Lipinski definition) is 2. The van der Waals surface area contributed by atoms with Gasteiger partial charge in [-0.05, 0) is 12.1 Å². The zero-order chi connectivity index (χ0) is 11.7. The molecule has 1 aromatic rings. The summed E-state index contributed by atoms with van der Waals surface area (Å²) in [7, 11) is 0. The van der Waals surface area contributed by atoms with Gasteiger partial charge in [-0.15, -0.1) is 11.6 Å². The molecule has 0 atom stereocenters. The molecule has 0 aliphatic carbocycles. The molecule has 2 rings (SSSR count). The van der Waals surface area contributed by atoms with Crippen LogP contribution in [0.5, 0.6) is 5.75 Å². The molecule has 3 nitrogen and oxygen atoms in total. The first kappa shape index (κ1) is 11.7. The van der Waals surface area contributed by atoms with E-state index in [1.807, 2.05) is 0 Å². The lowest BCUT2D eigenvalue weighted by atomic mass is 10.2. The van der Waals surface area contributed by atoms with E-state index in [2.05, 4.69) is 15.9 Å². The van der Waals surface area contributed by atoms with Crippen LogP contribution in [0.4, 0.5) is 10.1 Å². The Morgan fingerprint density at radius 3 is 3.06 bits per heavy atom. The van der Waals surface area contributed by atoms with E-state index in [9.17, 15) is 9.18 Å². The van der Waals surface area contributed by atoms with Crippen molar-refractivity contribution in [2.75, 3.05) is 23.9 Å². The normalized spacial score (nSPS) is 14.3. The lowest BCUT2D eigenvalue weighted by Crippen LogP contribution is -2.39. The summed E-state index contributed by atoms with van der Waals surface area (Å²) >= 11 is 8.67. The summed E-state index contributed by atoms with van der Waals surface area (Å²) in [6, 6.07) is 2.94. The van der Waals surface area contributed by atoms with E-state index in [0.29, 0.717) is 16.7 Å². The van der Waals surface area contributed by atoms with E-state index in [-0.39, 0.29) is 24.1 Å². The zero-order valence-corrected chi connectivity index (χ0v) is 10.5. The SMILES string of the molecule is O=C(CCl)N1CCOc2c(F)cc(Br)cc21. The lowest BCUT2D eigenvalue weighted by Gasteiger charge is -2.29. The average molecular weight is 309 g/mol. The van der Waals surface area contributed by atoms with Crippen LogP contribution in [-0.4, -0.2) is 24.9 Å². The first-order valence-electron chi connectivity index (χ1n) is 4.61. The standard InChI is InChI=1S/C10H8BrClFNO2/c11-6-3-7(13)10-8(4-6)14(1-2-16-10)9(15)5-12/h3-4H,1-2,5H2. The number of alkyl halides is 1. The number of nitrogens with zero attached hydrogens (tertiary/aromatic N) is 1. The van der Waals surface area contributed by atoms with E-state index >= 15 is 0 Å². The molecule has 0 bridgehead atoms. The Morgan fingerprint density at radius 1 is 1.62 bits per heavy atom. The van der Waals surface area contributed by atoms with Gasteiger partial charge in [0, 0.05) is 4.47 Å². The maximum absolute atomic E-state index is 13.5. The van der Waals surface area contributed by atoms with Gasteiger partial charge in [-0.25, -0.2) is 4.39 Å². The molecule has 0 aromatic heterocycles. The van der Waals surface area contributed by atoms with Gasteiger partial charge in [0.25, 0.3) is 0 Å². The molecule has 0 unspecified atom stereocenters. The second kappa shape index (κ2) is 4.59. The minimum Gasteiger partial charge on any atom is -0.486 e. The first-order chi connectivity index (χ1) is 7.63. The van der Waals surface area contributed by atoms with E-state index in [0.717, 1.165) is 0 Å². The molecule has 1 heterocycles. The second-order valence-electron chi connectivity index (χ2n) is 3.26. The Labute approximate surface area is 105 Å². The van der Waals surface area contributed by atoms with Gasteiger partial charge in [0.15, 0.2) is 11.6 Å². The smallest absolute Gasteiger partial charge is 0.242 e. The Hall–Kier alpha value is -0.810. The van der Waals surface area contributed by atoms with Gasteiger partial charge >= 0.3 is 0 Å². The van der Waals surface area contributed by atoms with E-state index < -0.39 is 5.82 Å². The molecule has 1 aliphatic rings. The van der Waals surface area contributed by atoms with Gasteiger partial charge in [-0.2, -0.15) is 0 Å². The molecule has 6 heteroatoms. The maximum atomic E-state index is 13.5. The molecule has 1 amide bonds. The quantitative estimate of drug-likeness (QED) is 0.746. The number of fused-ring (bicyclic) bond motifs is 1. The third-order valence-electron chi connectivity index (χ3n) is 2.26. The van der Waals surface area contributed by atoms with Crippen molar-refractivity contribution in [2.24, 2.45) is 0 Å². The molecular formula is C10H8BrClFNO2. The molecule has 0 fully saturated rings. The van der Waals surface area contributed by atoms with Crippen molar-refractivity contribution in [1.82, 2.24) is 0 Å². The lowest BCUT2D eigenvalue weighted by molar-refractivity contribution is -0.116. The zero-order valence-electron chi connectivity index (χ0n) is 8.17. The summed E-state index contributed by atoms with van der Waals surface area (Å²) in [6.45, 7) is 0.655. The number of carbonyl (C=O) groups excluding carboxylic acids is 1. The summed E-state index contributed by atoms with van der Waals surface area (Å²) in [5, 5.41) is 0. The molecule has 0 radical (unpaired) electrons. The van der Waals surface area contributed by atoms with Gasteiger partial charge in [0.1, 0.15) is 12.5 Å². The van der Waals surface area contributed by atoms with E-state index in [1.165, 1.54) is 11.0 Å². The number of amides is 1. The molecule has 0 spiro atoms. The van der Waals surface area contributed by atoms with Crippen LogP contribution in [0.25, 0.3) is 0 Å². The van der Waals surface area contributed by atoms with Crippen LogP contribution in [-0.2, 0) is 4.79 Å². The number of anilines is 1. The highest BCUT2D eigenvalue weighted by molar-refractivity contribution is 9.10. The average Bonchev–Trinajstić information content (AvgIpc) is 2.27. The van der Waals surface area contributed by atoms with Crippen LogP contribution in [0, 0.1) is 5.82 Å². The minimum absolute atomic E-state index is 0.105. The Bertz CT molecular complexity index is 441. The van der Waals surface area contributed by atoms with Crippen LogP contribution in [0.3, 0.4) is 0 Å². The summed E-state index contributed by atoms with van der Waals surface area (Å²) in [5.41, 5.74) is 0.420. The highest BCUT2D eigenvalue weighted by Gasteiger charge is 2.26. The predicted molar refractivity (Wildman–Crippen MR) is 62.7 cm³/mol. The highest BCUT2D eigenvalue weighted by atomic mass is 79.9. The topological polar surface area (TPSA) is 29.5 Å². The minimum atomic E-state index is -0.489. The third-order valence-corrected chi connectivity index (χ3v) is 2.94. The highest BCUT2D eigenvalue weighted by Crippen LogP contribution is 2.36. The predicted octanol–water partition coefficient (Wildman–Crippen LogP) is 2.55. The van der Waals surface area contributed by atoms with Gasteiger partial charge < -0.3 is 9.64 Å². The number of ether oxygens (including phenoxy) is 1. The van der Waals surface area contributed by atoms with Gasteiger partial charge in [0.05, 0.1) is 12.2 Å². The van der Waals surface area contributed by atoms with Crippen LogP contribution < -0.4 is 9.64 Å². The van der Waals surface area contributed by atoms with Crippen LogP contribution in [0.1, 0.15) is 0 Å². The Morgan fingerprint density at radius 2 is 2.38 bits per heavy atom. The van der Waals surface area contributed by atoms with E-state index in [4.69, 9.17) is 16.3 Å². The van der Waals surface area contributed by atoms with Crippen molar-refractivity contribution < 1.29 is 13.9 Å². The fourth-order valence-corrected chi connectivity index (χ4v) is 2.14. The van der Waals surface area contributed by atoms with E-state index in [1.54, 1.807) is 6.07 Å². The molecule has 0 N–H and O–H groups in total. The molecule has 86 valence electrons. The molecule has 1 aliphatic heterocycles. The van der Waals surface area contributed by atoms with Crippen molar-refractivity contribution in [3.63, 3.8) is 0 Å². The number of rotatable bonds is 1. The molecule has 1 aromatic carbocycles. The van der Waals surface area contributed by atoms with Gasteiger partial charge in [-0.3, -0.25) is 4.79 Å². The fourth-order valence-electron chi connectivity index (χ4n) is 1.58. The summed E-state index contributed by atoms with van der Waals surface area (Å²) in [5.74, 6) is -0.777. The first-order valence-corrected chi connectivity index (χ1v) is 5.94.